The van der Waals surface area contributed by atoms with Gasteiger partial charge in [0.2, 0.25) is 5.91 Å². The standard InChI is InChI=1S/C24H26N4O3/c1-16-24(20-4-2-3-5-21(20)25-16)18-8-11-26(12-9-18)15-23(29)27-13-10-17-6-7-19(28(30)31)14-22(17)27/h2-7,14,18,25H,8-13,15H2,1H3. The summed E-state index contributed by atoms with van der Waals surface area (Å²) >= 11 is 0. The molecule has 3 heterocycles. The predicted molar refractivity (Wildman–Crippen MR) is 121 cm³/mol. The van der Waals surface area contributed by atoms with Crippen LogP contribution in [0, 0.1) is 17.0 Å². The van der Waals surface area contributed by atoms with Gasteiger partial charge in [0.05, 0.1) is 17.2 Å². The molecular formula is C24H26N4O3. The van der Waals surface area contributed by atoms with Crippen LogP contribution >= 0.6 is 0 Å². The monoisotopic (exact) mass is 418 g/mol. The number of hydrogen-bond donors (Lipinski definition) is 1. The molecule has 0 spiro atoms. The van der Waals surface area contributed by atoms with Gasteiger partial charge in [-0.15, -0.1) is 0 Å². The van der Waals surface area contributed by atoms with Crippen molar-refractivity contribution < 1.29 is 9.72 Å². The molecule has 2 aliphatic heterocycles. The zero-order chi connectivity index (χ0) is 21.5. The highest BCUT2D eigenvalue weighted by atomic mass is 16.6. The van der Waals surface area contributed by atoms with Crippen LogP contribution in [0.15, 0.2) is 42.5 Å². The third kappa shape index (κ3) is 3.59. The molecule has 0 aliphatic carbocycles. The Morgan fingerprint density at radius 2 is 1.94 bits per heavy atom. The largest absolute Gasteiger partial charge is 0.358 e. The number of nitro groups is 1. The number of piperidine rings is 1. The maximum Gasteiger partial charge on any atom is 0.271 e. The van der Waals surface area contributed by atoms with Crippen LogP contribution in [0.4, 0.5) is 11.4 Å². The van der Waals surface area contributed by atoms with Gasteiger partial charge in [-0.1, -0.05) is 24.3 Å². The average Bonchev–Trinajstić information content (AvgIpc) is 3.34. The lowest BCUT2D eigenvalue weighted by atomic mass is 9.87. The maximum absolute atomic E-state index is 13.0. The molecule has 3 aromatic rings. The molecule has 0 saturated carbocycles. The Hall–Kier alpha value is -3.19. The molecule has 0 radical (unpaired) electrons. The first-order valence-electron chi connectivity index (χ1n) is 10.9. The van der Waals surface area contributed by atoms with Gasteiger partial charge in [0.15, 0.2) is 0 Å². The molecule has 1 N–H and O–H groups in total. The van der Waals surface area contributed by atoms with Gasteiger partial charge in [-0.25, -0.2) is 0 Å². The molecule has 0 unspecified atom stereocenters. The second kappa shape index (κ2) is 7.81. The van der Waals surface area contributed by atoms with Crippen molar-refractivity contribution in [3.8, 4) is 0 Å². The van der Waals surface area contributed by atoms with Gasteiger partial charge in [0.1, 0.15) is 0 Å². The second-order valence-electron chi connectivity index (χ2n) is 8.63. The molecule has 1 fully saturated rings. The Balaban J connectivity index is 1.25. The van der Waals surface area contributed by atoms with Crippen LogP contribution in [-0.2, 0) is 11.2 Å². The van der Waals surface area contributed by atoms with Crippen LogP contribution in [0.5, 0.6) is 0 Å². The number of nitro benzene ring substituents is 1. The number of anilines is 1. The van der Waals surface area contributed by atoms with E-state index in [1.807, 2.05) is 0 Å². The van der Waals surface area contributed by atoms with Crippen molar-refractivity contribution in [3.63, 3.8) is 0 Å². The number of likely N-dealkylation sites (tertiary alicyclic amines) is 1. The lowest BCUT2D eigenvalue weighted by molar-refractivity contribution is -0.384. The number of non-ortho nitro benzene ring substituents is 1. The van der Waals surface area contributed by atoms with Gasteiger partial charge in [-0.05, 0) is 62.4 Å². The number of nitrogens with zero attached hydrogens (tertiary/aromatic N) is 3. The molecule has 31 heavy (non-hydrogen) atoms. The maximum atomic E-state index is 13.0. The number of H-pyrrole nitrogens is 1. The predicted octanol–water partition coefficient (Wildman–Crippen LogP) is 4.15. The summed E-state index contributed by atoms with van der Waals surface area (Å²) in [5.74, 6) is 0.527. The van der Waals surface area contributed by atoms with Crippen molar-refractivity contribution in [1.82, 2.24) is 9.88 Å². The van der Waals surface area contributed by atoms with Gasteiger partial charge >= 0.3 is 0 Å². The number of para-hydroxylation sites is 1. The normalized spacial score (nSPS) is 17.3. The minimum absolute atomic E-state index is 0.0287. The fourth-order valence-electron chi connectivity index (χ4n) is 5.22. The Labute approximate surface area is 180 Å². The molecular weight excluding hydrogens is 392 g/mol. The van der Waals surface area contributed by atoms with E-state index in [1.165, 1.54) is 34.3 Å². The van der Waals surface area contributed by atoms with Gasteiger partial charge in [-0.3, -0.25) is 19.8 Å². The van der Waals surface area contributed by atoms with E-state index in [2.05, 4.69) is 41.1 Å². The summed E-state index contributed by atoms with van der Waals surface area (Å²) in [6.07, 6.45) is 2.80. The molecule has 1 aromatic heterocycles. The average molecular weight is 418 g/mol. The van der Waals surface area contributed by atoms with Crippen LogP contribution in [0.25, 0.3) is 10.9 Å². The first kappa shape index (κ1) is 19.8. The van der Waals surface area contributed by atoms with Crippen molar-refractivity contribution in [2.45, 2.75) is 32.1 Å². The Morgan fingerprint density at radius 1 is 1.16 bits per heavy atom. The fraction of sp³-hybridized carbons (Fsp3) is 0.375. The summed E-state index contributed by atoms with van der Waals surface area (Å²) in [6.45, 7) is 4.87. The Morgan fingerprint density at radius 3 is 2.71 bits per heavy atom. The third-order valence-corrected chi connectivity index (χ3v) is 6.77. The molecule has 7 heteroatoms. The van der Waals surface area contributed by atoms with E-state index in [1.54, 1.807) is 11.0 Å². The summed E-state index contributed by atoms with van der Waals surface area (Å²) in [5, 5.41) is 12.4. The van der Waals surface area contributed by atoms with Gasteiger partial charge < -0.3 is 9.88 Å². The first-order chi connectivity index (χ1) is 15.0. The molecule has 1 amide bonds. The number of carbonyl (C=O) groups excluding carboxylic acids is 1. The second-order valence-corrected chi connectivity index (χ2v) is 8.63. The summed E-state index contributed by atoms with van der Waals surface area (Å²) in [4.78, 5) is 31.2. The number of carbonyl (C=O) groups is 1. The number of fused-ring (bicyclic) bond motifs is 2. The Bertz CT molecular complexity index is 1160. The van der Waals surface area contributed by atoms with Crippen LogP contribution < -0.4 is 4.90 Å². The summed E-state index contributed by atoms with van der Waals surface area (Å²) in [6, 6.07) is 13.3. The minimum Gasteiger partial charge on any atom is -0.358 e. The van der Waals surface area contributed by atoms with Crippen molar-refractivity contribution >= 4 is 28.2 Å². The molecule has 1 saturated heterocycles. The fourth-order valence-corrected chi connectivity index (χ4v) is 5.22. The minimum atomic E-state index is -0.404. The summed E-state index contributed by atoms with van der Waals surface area (Å²) < 4.78 is 0. The van der Waals surface area contributed by atoms with Crippen LogP contribution in [0.1, 0.15) is 35.6 Å². The molecule has 7 nitrogen and oxygen atoms in total. The number of amides is 1. The number of aryl methyl sites for hydroxylation is 1. The summed E-state index contributed by atoms with van der Waals surface area (Å²) in [7, 11) is 0. The number of aromatic amines is 1. The van der Waals surface area contributed by atoms with Crippen molar-refractivity contribution in [2.75, 3.05) is 31.1 Å². The van der Waals surface area contributed by atoms with Gasteiger partial charge in [0.25, 0.3) is 5.69 Å². The zero-order valence-corrected chi connectivity index (χ0v) is 17.6. The zero-order valence-electron chi connectivity index (χ0n) is 17.6. The van der Waals surface area contributed by atoms with E-state index >= 15 is 0 Å². The van der Waals surface area contributed by atoms with E-state index in [4.69, 9.17) is 0 Å². The molecule has 2 aliphatic rings. The van der Waals surface area contributed by atoms with Gasteiger partial charge in [0, 0.05) is 35.3 Å². The lowest BCUT2D eigenvalue weighted by Crippen LogP contribution is -2.42. The van der Waals surface area contributed by atoms with E-state index in [0.29, 0.717) is 24.7 Å². The number of hydrogen-bond acceptors (Lipinski definition) is 4. The van der Waals surface area contributed by atoms with Crippen molar-refractivity contribution in [2.24, 2.45) is 0 Å². The first-order valence-corrected chi connectivity index (χ1v) is 10.9. The Kier molecular flexibility index (Phi) is 4.98. The SMILES string of the molecule is Cc1[nH]c2ccccc2c1C1CCN(CC(=O)N2CCc3ccc([N+](=O)[O-])cc32)CC1. The number of benzene rings is 2. The highest BCUT2D eigenvalue weighted by Crippen LogP contribution is 2.36. The lowest BCUT2D eigenvalue weighted by Gasteiger charge is -2.33. The van der Waals surface area contributed by atoms with Crippen LogP contribution in [0.2, 0.25) is 0 Å². The molecule has 2 aromatic carbocycles. The number of rotatable bonds is 4. The molecule has 0 atom stereocenters. The third-order valence-electron chi connectivity index (χ3n) is 6.77. The highest BCUT2D eigenvalue weighted by Gasteiger charge is 2.30. The highest BCUT2D eigenvalue weighted by molar-refractivity contribution is 5.97. The summed E-state index contributed by atoms with van der Waals surface area (Å²) in [5.41, 5.74) is 5.59. The topological polar surface area (TPSA) is 82.5 Å². The quantitative estimate of drug-likeness (QED) is 0.510. The van der Waals surface area contributed by atoms with E-state index in [-0.39, 0.29) is 11.6 Å². The van der Waals surface area contributed by atoms with E-state index < -0.39 is 4.92 Å². The molecule has 160 valence electrons. The van der Waals surface area contributed by atoms with Crippen LogP contribution in [-0.4, -0.2) is 46.9 Å². The van der Waals surface area contributed by atoms with Crippen molar-refractivity contribution in [1.29, 1.82) is 0 Å². The number of aromatic nitrogens is 1. The van der Waals surface area contributed by atoms with E-state index in [9.17, 15) is 14.9 Å². The smallest absolute Gasteiger partial charge is 0.271 e. The van der Waals surface area contributed by atoms with Crippen molar-refractivity contribution in [3.05, 3.63) is 69.4 Å². The number of nitrogens with one attached hydrogen (secondary N) is 1. The van der Waals surface area contributed by atoms with Gasteiger partial charge in [-0.2, -0.15) is 0 Å². The molecule has 5 rings (SSSR count). The molecule has 0 bridgehead atoms. The van der Waals surface area contributed by atoms with Crippen LogP contribution in [0.3, 0.4) is 0 Å². The van der Waals surface area contributed by atoms with E-state index in [0.717, 1.165) is 37.9 Å².